The van der Waals surface area contributed by atoms with Crippen LogP contribution in [0.25, 0.3) is 0 Å². The van der Waals surface area contributed by atoms with Crippen molar-refractivity contribution >= 4 is 33.2 Å². The number of hydrogen-bond donors (Lipinski definition) is 3. The Balaban J connectivity index is 1.43. The van der Waals surface area contributed by atoms with Crippen LogP contribution in [0.15, 0.2) is 83.8 Å². The second-order valence-electron chi connectivity index (χ2n) is 8.30. The van der Waals surface area contributed by atoms with Gasteiger partial charge in [-0.3, -0.25) is 14.3 Å². The molecule has 1 fully saturated rings. The smallest absolute Gasteiger partial charge is 0.261 e. The molecule has 0 aromatic heterocycles. The Morgan fingerprint density at radius 3 is 2.09 bits per heavy atom. The Kier molecular flexibility index (Phi) is 7.27. The molecule has 0 unspecified atom stereocenters. The lowest BCUT2D eigenvalue weighted by atomic mass is 9.95. The summed E-state index contributed by atoms with van der Waals surface area (Å²) in [5.74, 6) is -0.594. The molecule has 3 N–H and O–H groups in total. The molecule has 0 spiro atoms. The van der Waals surface area contributed by atoms with Crippen LogP contribution in [0, 0.1) is 0 Å². The Morgan fingerprint density at radius 1 is 0.735 bits per heavy atom. The summed E-state index contributed by atoms with van der Waals surface area (Å²) < 4.78 is 27.5. The summed E-state index contributed by atoms with van der Waals surface area (Å²) in [6, 6.07) is 21.2. The summed E-state index contributed by atoms with van der Waals surface area (Å²) in [6.45, 7) is 0. The fourth-order valence-electron chi connectivity index (χ4n) is 4.00. The molecule has 176 valence electrons. The third kappa shape index (κ3) is 5.82. The summed E-state index contributed by atoms with van der Waals surface area (Å²) in [7, 11) is -3.72. The number of para-hydroxylation sites is 1. The standard InChI is InChI=1S/C26H27N3O4S/c30-25(19-15-17-21(18-16-19)29-34(32,33)22-11-5-2-6-12-22)28-24-14-8-7-13-23(24)26(31)27-20-9-3-1-4-10-20/h2,5-8,11-18,20,29H,1,3-4,9-10H2,(H,27,31)(H,28,30). The first kappa shape index (κ1) is 23.5. The highest BCUT2D eigenvalue weighted by Gasteiger charge is 2.20. The fraction of sp³-hybridized carbons (Fsp3) is 0.231. The molecule has 3 aromatic carbocycles. The summed E-state index contributed by atoms with van der Waals surface area (Å²) in [4.78, 5) is 25.8. The van der Waals surface area contributed by atoms with Crippen molar-refractivity contribution in [3.8, 4) is 0 Å². The number of amides is 2. The largest absolute Gasteiger partial charge is 0.349 e. The molecule has 0 radical (unpaired) electrons. The number of carbonyl (C=O) groups is 2. The number of benzene rings is 3. The lowest BCUT2D eigenvalue weighted by molar-refractivity contribution is 0.0928. The van der Waals surface area contributed by atoms with Crippen molar-refractivity contribution in [2.45, 2.75) is 43.0 Å². The second-order valence-corrected chi connectivity index (χ2v) is 9.99. The molecular formula is C26H27N3O4S. The number of hydrogen-bond acceptors (Lipinski definition) is 4. The predicted octanol–water partition coefficient (Wildman–Crippen LogP) is 4.80. The van der Waals surface area contributed by atoms with Gasteiger partial charge in [0.15, 0.2) is 0 Å². The molecule has 8 heteroatoms. The highest BCUT2D eigenvalue weighted by atomic mass is 32.2. The molecule has 0 atom stereocenters. The molecule has 0 aliphatic heterocycles. The first-order chi connectivity index (χ1) is 16.4. The zero-order chi connectivity index (χ0) is 24.0. The highest BCUT2D eigenvalue weighted by molar-refractivity contribution is 7.92. The Labute approximate surface area is 199 Å². The van der Waals surface area contributed by atoms with Crippen molar-refractivity contribution in [2.75, 3.05) is 10.0 Å². The molecule has 1 aliphatic rings. The monoisotopic (exact) mass is 477 g/mol. The van der Waals surface area contributed by atoms with E-state index in [-0.39, 0.29) is 16.8 Å². The lowest BCUT2D eigenvalue weighted by Crippen LogP contribution is -2.36. The van der Waals surface area contributed by atoms with Crippen LogP contribution in [0.5, 0.6) is 0 Å². The highest BCUT2D eigenvalue weighted by Crippen LogP contribution is 2.21. The molecule has 34 heavy (non-hydrogen) atoms. The molecule has 1 aliphatic carbocycles. The molecular weight excluding hydrogens is 450 g/mol. The molecule has 0 bridgehead atoms. The molecule has 1 saturated carbocycles. The number of carbonyl (C=O) groups excluding carboxylic acids is 2. The normalized spacial score (nSPS) is 14.2. The van der Waals surface area contributed by atoms with Gasteiger partial charge in [0.05, 0.1) is 16.1 Å². The summed E-state index contributed by atoms with van der Waals surface area (Å²) in [5, 5.41) is 5.88. The van der Waals surface area contributed by atoms with Gasteiger partial charge >= 0.3 is 0 Å². The third-order valence-electron chi connectivity index (χ3n) is 5.81. The van der Waals surface area contributed by atoms with Crippen LogP contribution in [0.4, 0.5) is 11.4 Å². The number of sulfonamides is 1. The van der Waals surface area contributed by atoms with E-state index in [1.54, 1.807) is 42.5 Å². The topological polar surface area (TPSA) is 104 Å². The summed E-state index contributed by atoms with van der Waals surface area (Å²) >= 11 is 0. The molecule has 0 heterocycles. The average molecular weight is 478 g/mol. The van der Waals surface area contributed by atoms with Crippen molar-refractivity contribution in [2.24, 2.45) is 0 Å². The van der Waals surface area contributed by atoms with Gasteiger partial charge in [-0.2, -0.15) is 0 Å². The van der Waals surface area contributed by atoms with E-state index >= 15 is 0 Å². The minimum Gasteiger partial charge on any atom is -0.349 e. The minimum absolute atomic E-state index is 0.153. The van der Waals surface area contributed by atoms with Gasteiger partial charge in [0.1, 0.15) is 0 Å². The van der Waals surface area contributed by atoms with Crippen molar-refractivity contribution in [3.63, 3.8) is 0 Å². The zero-order valence-corrected chi connectivity index (χ0v) is 19.5. The van der Waals surface area contributed by atoms with E-state index in [2.05, 4.69) is 15.4 Å². The first-order valence-electron chi connectivity index (χ1n) is 11.3. The van der Waals surface area contributed by atoms with E-state index in [1.807, 2.05) is 0 Å². The number of nitrogens with one attached hydrogen (secondary N) is 3. The molecule has 4 rings (SSSR count). The van der Waals surface area contributed by atoms with Gasteiger partial charge in [0.2, 0.25) is 0 Å². The SMILES string of the molecule is O=C(Nc1ccccc1C(=O)NC1CCCCC1)c1ccc(NS(=O)(=O)c2ccccc2)cc1. The van der Waals surface area contributed by atoms with Gasteiger partial charge in [0.25, 0.3) is 21.8 Å². The summed E-state index contributed by atoms with van der Waals surface area (Å²) in [6.07, 6.45) is 5.37. The van der Waals surface area contributed by atoms with Gasteiger partial charge in [0, 0.05) is 17.3 Å². The van der Waals surface area contributed by atoms with Gasteiger partial charge < -0.3 is 10.6 Å². The number of anilines is 2. The number of rotatable bonds is 7. The third-order valence-corrected chi connectivity index (χ3v) is 7.21. The maximum absolute atomic E-state index is 12.8. The lowest BCUT2D eigenvalue weighted by Gasteiger charge is -2.23. The fourth-order valence-corrected chi connectivity index (χ4v) is 5.08. The van der Waals surface area contributed by atoms with Crippen molar-refractivity contribution in [1.29, 1.82) is 0 Å². The van der Waals surface area contributed by atoms with E-state index in [1.165, 1.54) is 42.8 Å². The minimum atomic E-state index is -3.72. The van der Waals surface area contributed by atoms with Crippen LogP contribution in [-0.2, 0) is 10.0 Å². The molecule has 2 amide bonds. The van der Waals surface area contributed by atoms with Gasteiger partial charge in [-0.25, -0.2) is 8.42 Å². The molecule has 7 nitrogen and oxygen atoms in total. The van der Waals surface area contributed by atoms with E-state index in [9.17, 15) is 18.0 Å². The van der Waals surface area contributed by atoms with E-state index < -0.39 is 15.9 Å². The second kappa shape index (κ2) is 10.5. The van der Waals surface area contributed by atoms with Crippen molar-refractivity contribution in [1.82, 2.24) is 5.32 Å². The van der Waals surface area contributed by atoms with Crippen LogP contribution in [0.1, 0.15) is 52.8 Å². The summed E-state index contributed by atoms with van der Waals surface area (Å²) in [5.41, 5.74) is 1.51. The van der Waals surface area contributed by atoms with Gasteiger partial charge in [-0.05, 0) is 61.4 Å². The van der Waals surface area contributed by atoms with Crippen LogP contribution in [0.3, 0.4) is 0 Å². The maximum Gasteiger partial charge on any atom is 0.261 e. The van der Waals surface area contributed by atoms with Crippen LogP contribution < -0.4 is 15.4 Å². The average Bonchev–Trinajstić information content (AvgIpc) is 2.86. The van der Waals surface area contributed by atoms with E-state index in [0.29, 0.717) is 22.5 Å². The van der Waals surface area contributed by atoms with Crippen molar-refractivity contribution in [3.05, 3.63) is 90.0 Å². The van der Waals surface area contributed by atoms with Crippen LogP contribution in [0.2, 0.25) is 0 Å². The van der Waals surface area contributed by atoms with Gasteiger partial charge in [-0.1, -0.05) is 49.6 Å². The Morgan fingerprint density at radius 2 is 1.38 bits per heavy atom. The van der Waals surface area contributed by atoms with Gasteiger partial charge in [-0.15, -0.1) is 0 Å². The first-order valence-corrected chi connectivity index (χ1v) is 12.8. The zero-order valence-electron chi connectivity index (χ0n) is 18.7. The Hall–Kier alpha value is -3.65. The quantitative estimate of drug-likeness (QED) is 0.455. The maximum atomic E-state index is 12.8. The van der Waals surface area contributed by atoms with E-state index in [4.69, 9.17) is 0 Å². The van der Waals surface area contributed by atoms with Crippen LogP contribution in [-0.4, -0.2) is 26.3 Å². The van der Waals surface area contributed by atoms with Crippen molar-refractivity contribution < 1.29 is 18.0 Å². The van der Waals surface area contributed by atoms with Crippen LogP contribution >= 0.6 is 0 Å². The molecule has 0 saturated heterocycles. The predicted molar refractivity (Wildman–Crippen MR) is 132 cm³/mol. The molecule has 3 aromatic rings. The van der Waals surface area contributed by atoms with E-state index in [0.717, 1.165) is 25.7 Å². The Bertz CT molecular complexity index is 1250.